The molecule has 6 nitrogen and oxygen atoms in total. The van der Waals surface area contributed by atoms with Crippen LogP contribution in [0.4, 0.5) is 11.4 Å². The minimum Gasteiger partial charge on any atom is -0.504 e. The number of Topliss-reactive ketones (excluding diaryl/α,β-unsaturated/α-hetero) is 1. The third-order valence-electron chi connectivity index (χ3n) is 6.32. The lowest BCUT2D eigenvalue weighted by Gasteiger charge is -2.16. The SMILES string of the molecule is COc1cc(-c2ccc3ncc(C(=O)C4CC4)c(Nc4ccc(CN(C)C)cc4)c3c2)ccc1O. The Morgan fingerprint density at radius 3 is 2.46 bits per heavy atom. The molecule has 35 heavy (non-hydrogen) atoms. The van der Waals surface area contributed by atoms with E-state index in [9.17, 15) is 9.90 Å². The molecule has 0 saturated heterocycles. The number of aromatic hydroxyl groups is 1. The number of carbonyl (C=O) groups excluding carboxylic acids is 1. The molecule has 0 aliphatic heterocycles. The maximum Gasteiger partial charge on any atom is 0.169 e. The molecule has 5 rings (SSSR count). The molecular weight excluding hydrogens is 438 g/mol. The summed E-state index contributed by atoms with van der Waals surface area (Å²) in [5, 5.41) is 14.4. The van der Waals surface area contributed by atoms with Crippen molar-refractivity contribution in [2.75, 3.05) is 26.5 Å². The second-order valence-electron chi connectivity index (χ2n) is 9.36. The number of benzene rings is 3. The Hall–Kier alpha value is -3.90. The Bertz CT molecular complexity index is 1390. The van der Waals surface area contributed by atoms with Crippen LogP contribution in [-0.2, 0) is 6.54 Å². The summed E-state index contributed by atoms with van der Waals surface area (Å²) in [6, 6.07) is 19.6. The van der Waals surface area contributed by atoms with Gasteiger partial charge in [-0.1, -0.05) is 24.3 Å². The van der Waals surface area contributed by atoms with E-state index in [0.717, 1.165) is 52.8 Å². The zero-order chi connectivity index (χ0) is 24.5. The number of fused-ring (bicyclic) bond motifs is 1. The molecule has 0 unspecified atom stereocenters. The summed E-state index contributed by atoms with van der Waals surface area (Å²) < 4.78 is 5.29. The van der Waals surface area contributed by atoms with Gasteiger partial charge in [-0.3, -0.25) is 9.78 Å². The second-order valence-corrected chi connectivity index (χ2v) is 9.36. The van der Waals surface area contributed by atoms with Crippen molar-refractivity contribution in [1.82, 2.24) is 9.88 Å². The minimum absolute atomic E-state index is 0.0850. The molecule has 0 atom stereocenters. The summed E-state index contributed by atoms with van der Waals surface area (Å²) in [6.45, 7) is 0.864. The van der Waals surface area contributed by atoms with E-state index in [1.165, 1.54) is 12.7 Å². The highest BCUT2D eigenvalue weighted by Crippen LogP contribution is 2.39. The monoisotopic (exact) mass is 467 g/mol. The topological polar surface area (TPSA) is 74.7 Å². The molecule has 1 saturated carbocycles. The molecule has 1 aliphatic carbocycles. The third kappa shape index (κ3) is 4.84. The number of phenolic OH excluding ortho intramolecular Hbond substituents is 1. The van der Waals surface area contributed by atoms with Crippen molar-refractivity contribution in [3.8, 4) is 22.6 Å². The molecule has 4 aromatic rings. The maximum absolute atomic E-state index is 13.2. The van der Waals surface area contributed by atoms with Gasteiger partial charge in [-0.25, -0.2) is 0 Å². The van der Waals surface area contributed by atoms with E-state index < -0.39 is 0 Å². The van der Waals surface area contributed by atoms with Crippen molar-refractivity contribution in [2.24, 2.45) is 5.92 Å². The summed E-state index contributed by atoms with van der Waals surface area (Å²) in [4.78, 5) is 19.9. The average molecular weight is 468 g/mol. The van der Waals surface area contributed by atoms with Crippen molar-refractivity contribution in [3.05, 3.63) is 78.0 Å². The standard InChI is InChI=1S/C29H29N3O3/c1-32(2)17-18-4-10-22(11-5-18)31-28-23-14-20(21-9-13-26(33)27(15-21)35-3)8-12-25(23)30-16-24(28)29(34)19-6-7-19/h4-5,8-16,19,33H,6-7,17H2,1-3H3,(H,30,31). The van der Waals surface area contributed by atoms with Gasteiger partial charge in [0.1, 0.15) is 0 Å². The van der Waals surface area contributed by atoms with Crippen LogP contribution in [0, 0.1) is 5.92 Å². The number of ether oxygens (including phenoxy) is 1. The first-order valence-corrected chi connectivity index (χ1v) is 11.8. The number of anilines is 2. The fourth-order valence-corrected chi connectivity index (χ4v) is 4.32. The number of phenols is 1. The number of aromatic nitrogens is 1. The van der Waals surface area contributed by atoms with E-state index in [1.807, 2.05) is 50.5 Å². The lowest BCUT2D eigenvalue weighted by molar-refractivity contribution is 0.0968. The fourth-order valence-electron chi connectivity index (χ4n) is 4.32. The Labute approximate surface area is 205 Å². The first-order chi connectivity index (χ1) is 16.9. The Morgan fingerprint density at radius 1 is 1.06 bits per heavy atom. The van der Waals surface area contributed by atoms with Gasteiger partial charge in [0.05, 0.1) is 23.9 Å². The third-order valence-corrected chi connectivity index (χ3v) is 6.32. The van der Waals surface area contributed by atoms with Crippen molar-refractivity contribution >= 4 is 28.1 Å². The van der Waals surface area contributed by atoms with Gasteiger partial charge in [-0.15, -0.1) is 0 Å². The lowest BCUT2D eigenvalue weighted by atomic mass is 9.98. The molecule has 2 N–H and O–H groups in total. The van der Waals surface area contributed by atoms with Crippen LogP contribution in [0.25, 0.3) is 22.0 Å². The van der Waals surface area contributed by atoms with E-state index in [-0.39, 0.29) is 17.5 Å². The smallest absolute Gasteiger partial charge is 0.169 e. The van der Waals surface area contributed by atoms with Crippen molar-refractivity contribution < 1.29 is 14.6 Å². The van der Waals surface area contributed by atoms with Crippen LogP contribution < -0.4 is 10.1 Å². The Balaban J connectivity index is 1.60. The molecule has 0 radical (unpaired) electrons. The number of ketones is 1. The summed E-state index contributed by atoms with van der Waals surface area (Å²) in [5.41, 5.74) is 6.19. The Morgan fingerprint density at radius 2 is 1.77 bits per heavy atom. The normalized spacial score (nSPS) is 13.3. The first-order valence-electron chi connectivity index (χ1n) is 11.8. The zero-order valence-electron chi connectivity index (χ0n) is 20.2. The highest BCUT2D eigenvalue weighted by atomic mass is 16.5. The summed E-state index contributed by atoms with van der Waals surface area (Å²) in [6.07, 6.45) is 3.57. The molecular formula is C29H29N3O3. The largest absolute Gasteiger partial charge is 0.504 e. The molecule has 0 bridgehead atoms. The molecule has 178 valence electrons. The van der Waals surface area contributed by atoms with E-state index >= 15 is 0 Å². The van der Waals surface area contributed by atoms with Gasteiger partial charge < -0.3 is 20.1 Å². The number of methoxy groups -OCH3 is 1. The zero-order valence-corrected chi connectivity index (χ0v) is 20.2. The van der Waals surface area contributed by atoms with Crippen LogP contribution in [0.1, 0.15) is 28.8 Å². The number of hydrogen-bond donors (Lipinski definition) is 2. The van der Waals surface area contributed by atoms with Crippen molar-refractivity contribution in [2.45, 2.75) is 19.4 Å². The van der Waals surface area contributed by atoms with Gasteiger partial charge in [0.2, 0.25) is 0 Å². The number of pyridine rings is 1. The minimum atomic E-state index is 0.0850. The number of rotatable bonds is 8. The number of hydrogen-bond acceptors (Lipinski definition) is 6. The van der Waals surface area contributed by atoms with Crippen LogP contribution in [0.2, 0.25) is 0 Å². The highest BCUT2D eigenvalue weighted by Gasteiger charge is 2.32. The average Bonchev–Trinajstić information content (AvgIpc) is 3.70. The maximum atomic E-state index is 13.2. The lowest BCUT2D eigenvalue weighted by Crippen LogP contribution is -2.10. The van der Waals surface area contributed by atoms with E-state index in [0.29, 0.717) is 11.3 Å². The van der Waals surface area contributed by atoms with Crippen LogP contribution >= 0.6 is 0 Å². The van der Waals surface area contributed by atoms with Gasteiger partial charge in [0, 0.05) is 29.7 Å². The van der Waals surface area contributed by atoms with Crippen LogP contribution in [0.5, 0.6) is 11.5 Å². The number of carbonyl (C=O) groups is 1. The molecule has 3 aromatic carbocycles. The Kier molecular flexibility index (Phi) is 6.14. The van der Waals surface area contributed by atoms with Crippen LogP contribution in [0.15, 0.2) is 66.9 Å². The van der Waals surface area contributed by atoms with E-state index in [2.05, 4.69) is 27.3 Å². The van der Waals surface area contributed by atoms with Crippen molar-refractivity contribution in [1.29, 1.82) is 0 Å². The van der Waals surface area contributed by atoms with Gasteiger partial charge in [0.15, 0.2) is 17.3 Å². The summed E-state index contributed by atoms with van der Waals surface area (Å²) in [5.74, 6) is 0.732. The highest BCUT2D eigenvalue weighted by molar-refractivity contribution is 6.11. The molecule has 1 aromatic heterocycles. The van der Waals surface area contributed by atoms with E-state index in [4.69, 9.17) is 4.74 Å². The van der Waals surface area contributed by atoms with Crippen LogP contribution in [0.3, 0.4) is 0 Å². The molecule has 6 heteroatoms. The fraction of sp³-hybridized carbons (Fsp3) is 0.241. The second kappa shape index (κ2) is 9.39. The predicted octanol–water partition coefficient (Wildman–Crippen LogP) is 6.01. The van der Waals surface area contributed by atoms with Gasteiger partial charge in [-0.05, 0) is 80.0 Å². The molecule has 1 fully saturated rings. The first kappa shape index (κ1) is 22.9. The predicted molar refractivity (Wildman–Crippen MR) is 140 cm³/mol. The van der Waals surface area contributed by atoms with Gasteiger partial charge >= 0.3 is 0 Å². The molecule has 1 heterocycles. The quantitative estimate of drug-likeness (QED) is 0.309. The van der Waals surface area contributed by atoms with Gasteiger partial charge in [0.25, 0.3) is 0 Å². The summed E-state index contributed by atoms with van der Waals surface area (Å²) >= 11 is 0. The van der Waals surface area contributed by atoms with Crippen molar-refractivity contribution in [3.63, 3.8) is 0 Å². The molecule has 0 spiro atoms. The van der Waals surface area contributed by atoms with Crippen LogP contribution in [-0.4, -0.2) is 42.0 Å². The molecule has 0 amide bonds. The van der Waals surface area contributed by atoms with E-state index in [1.54, 1.807) is 18.3 Å². The number of nitrogens with zero attached hydrogens (tertiary/aromatic N) is 2. The number of nitrogens with one attached hydrogen (secondary N) is 1. The molecule has 1 aliphatic rings. The van der Waals surface area contributed by atoms with Gasteiger partial charge in [-0.2, -0.15) is 0 Å². The summed E-state index contributed by atoms with van der Waals surface area (Å²) in [7, 11) is 5.63.